The van der Waals surface area contributed by atoms with Gasteiger partial charge in [0.2, 0.25) is 0 Å². The number of carbonyl (C=O) groups is 2. The van der Waals surface area contributed by atoms with Crippen LogP contribution in [0.2, 0.25) is 0 Å². The van der Waals surface area contributed by atoms with E-state index in [1.807, 2.05) is 12.1 Å². The number of hydrogen-bond donors (Lipinski definition) is 1. The maximum absolute atomic E-state index is 13.3. The molecule has 0 bridgehead atoms. The summed E-state index contributed by atoms with van der Waals surface area (Å²) in [5, 5.41) is 11.2. The highest BCUT2D eigenvalue weighted by molar-refractivity contribution is 6.46. The first kappa shape index (κ1) is 32.2. The van der Waals surface area contributed by atoms with Gasteiger partial charge in [0, 0.05) is 12.1 Å². The third-order valence-corrected chi connectivity index (χ3v) is 8.06. The first-order chi connectivity index (χ1) is 20.0. The Hall–Kier alpha value is -3.28. The summed E-state index contributed by atoms with van der Waals surface area (Å²) in [6, 6.07) is 13.6. The smallest absolute Gasteiger partial charge is 0.295 e. The van der Waals surface area contributed by atoms with E-state index in [2.05, 4.69) is 6.92 Å². The van der Waals surface area contributed by atoms with Crippen LogP contribution in [0.3, 0.4) is 0 Å². The standard InChI is InChI=1S/C35H49NO5/c1-4-5-6-7-8-9-10-11-12-13-14-15-16-20-25-36-32(28-23-24-29(40-2)30(26-28)41-3)31(34(38)35(36)39)33(37)27-21-18-17-19-22-27/h17-19,21-24,26,32,37H,4-16,20,25H2,1-3H3/t32-/m0/s1. The van der Waals surface area contributed by atoms with Crippen molar-refractivity contribution in [1.29, 1.82) is 0 Å². The first-order valence-electron chi connectivity index (χ1n) is 15.6. The van der Waals surface area contributed by atoms with E-state index in [4.69, 9.17) is 9.47 Å². The third kappa shape index (κ3) is 9.11. The highest BCUT2D eigenvalue weighted by Crippen LogP contribution is 2.42. The Morgan fingerprint density at radius 3 is 1.80 bits per heavy atom. The van der Waals surface area contributed by atoms with Crippen LogP contribution in [0, 0.1) is 0 Å². The largest absolute Gasteiger partial charge is 0.507 e. The molecule has 0 aromatic heterocycles. The van der Waals surface area contributed by atoms with Crippen LogP contribution in [0.1, 0.15) is 114 Å². The first-order valence-corrected chi connectivity index (χ1v) is 15.6. The van der Waals surface area contributed by atoms with Gasteiger partial charge >= 0.3 is 0 Å². The number of methoxy groups -OCH3 is 2. The number of aliphatic hydroxyl groups excluding tert-OH is 1. The average Bonchev–Trinajstić information content (AvgIpc) is 3.25. The number of ether oxygens (including phenoxy) is 2. The number of unbranched alkanes of at least 4 members (excludes halogenated alkanes) is 13. The molecule has 0 spiro atoms. The van der Waals surface area contributed by atoms with Gasteiger partial charge < -0.3 is 19.5 Å². The van der Waals surface area contributed by atoms with Gasteiger partial charge in [-0.1, -0.05) is 127 Å². The van der Waals surface area contributed by atoms with Gasteiger partial charge in [-0.15, -0.1) is 0 Å². The van der Waals surface area contributed by atoms with Gasteiger partial charge in [0.05, 0.1) is 25.8 Å². The number of likely N-dealkylation sites (tertiary alicyclic amines) is 1. The van der Waals surface area contributed by atoms with Crippen LogP contribution in [0.5, 0.6) is 11.5 Å². The number of aliphatic hydroxyl groups is 1. The Bertz CT molecular complexity index is 1130. The molecular weight excluding hydrogens is 514 g/mol. The Morgan fingerprint density at radius 2 is 1.27 bits per heavy atom. The molecule has 2 aromatic rings. The zero-order valence-electron chi connectivity index (χ0n) is 25.3. The zero-order chi connectivity index (χ0) is 29.5. The molecule has 1 N–H and O–H groups in total. The lowest BCUT2D eigenvalue weighted by Crippen LogP contribution is -2.30. The van der Waals surface area contributed by atoms with E-state index in [-0.39, 0.29) is 11.3 Å². The number of rotatable bonds is 19. The lowest BCUT2D eigenvalue weighted by molar-refractivity contribution is -0.139. The molecule has 6 heteroatoms. The Labute approximate surface area is 246 Å². The number of amides is 1. The van der Waals surface area contributed by atoms with Gasteiger partial charge in [-0.05, 0) is 24.1 Å². The summed E-state index contributed by atoms with van der Waals surface area (Å²) < 4.78 is 10.9. The van der Waals surface area contributed by atoms with Crippen molar-refractivity contribution in [3.05, 3.63) is 65.2 Å². The molecule has 1 atom stereocenters. The fraction of sp³-hybridized carbons (Fsp3) is 0.543. The molecule has 1 fully saturated rings. The number of nitrogens with zero attached hydrogens (tertiary/aromatic N) is 1. The average molecular weight is 564 g/mol. The van der Waals surface area contributed by atoms with Crippen LogP contribution in [0.15, 0.2) is 54.1 Å². The predicted molar refractivity (Wildman–Crippen MR) is 165 cm³/mol. The molecule has 1 amide bonds. The summed E-state index contributed by atoms with van der Waals surface area (Å²) >= 11 is 0. The predicted octanol–water partition coefficient (Wildman–Crippen LogP) is 8.61. The Kier molecular flexibility index (Phi) is 13.8. The second kappa shape index (κ2) is 17.5. The van der Waals surface area contributed by atoms with E-state index in [0.29, 0.717) is 29.2 Å². The quantitative estimate of drug-likeness (QED) is 0.0801. The summed E-state index contributed by atoms with van der Waals surface area (Å²) in [4.78, 5) is 28.1. The van der Waals surface area contributed by atoms with E-state index in [1.165, 1.54) is 70.6 Å². The highest BCUT2D eigenvalue weighted by Gasteiger charge is 2.46. The van der Waals surface area contributed by atoms with Crippen molar-refractivity contribution in [2.75, 3.05) is 20.8 Å². The van der Waals surface area contributed by atoms with Crippen molar-refractivity contribution in [3.8, 4) is 11.5 Å². The van der Waals surface area contributed by atoms with Crippen molar-refractivity contribution in [1.82, 2.24) is 4.90 Å². The van der Waals surface area contributed by atoms with E-state index in [9.17, 15) is 14.7 Å². The second-order valence-corrected chi connectivity index (χ2v) is 11.1. The number of carbonyl (C=O) groups excluding carboxylic acids is 2. The molecule has 1 aliphatic rings. The van der Waals surface area contributed by atoms with Crippen LogP contribution in [-0.2, 0) is 9.59 Å². The van der Waals surface area contributed by atoms with Crippen molar-refractivity contribution in [2.45, 2.75) is 103 Å². The third-order valence-electron chi connectivity index (χ3n) is 8.06. The van der Waals surface area contributed by atoms with Crippen molar-refractivity contribution < 1.29 is 24.2 Å². The van der Waals surface area contributed by atoms with Crippen LogP contribution >= 0.6 is 0 Å². The maximum atomic E-state index is 13.3. The zero-order valence-corrected chi connectivity index (χ0v) is 25.3. The molecule has 6 nitrogen and oxygen atoms in total. The summed E-state index contributed by atoms with van der Waals surface area (Å²) in [6.07, 6.45) is 17.5. The SMILES string of the molecule is CCCCCCCCCCCCCCCCN1C(=O)C(=O)C(=C(O)c2ccccc2)[C@@H]1c1ccc(OC)c(OC)c1. The van der Waals surface area contributed by atoms with Gasteiger partial charge in [0.25, 0.3) is 11.7 Å². The Balaban J connectivity index is 1.59. The number of hydrogen-bond acceptors (Lipinski definition) is 5. The van der Waals surface area contributed by atoms with Gasteiger partial charge in [-0.25, -0.2) is 0 Å². The summed E-state index contributed by atoms with van der Waals surface area (Å²) in [5.41, 5.74) is 1.32. The van der Waals surface area contributed by atoms with E-state index >= 15 is 0 Å². The van der Waals surface area contributed by atoms with Crippen LogP contribution in [-0.4, -0.2) is 42.5 Å². The van der Waals surface area contributed by atoms with E-state index < -0.39 is 17.7 Å². The van der Waals surface area contributed by atoms with Crippen LogP contribution in [0.25, 0.3) is 5.76 Å². The van der Waals surface area contributed by atoms with Crippen LogP contribution < -0.4 is 9.47 Å². The monoisotopic (exact) mass is 563 g/mol. The minimum atomic E-state index is -0.697. The lowest BCUT2D eigenvalue weighted by atomic mass is 9.95. The number of Topliss-reactive ketones (excluding diaryl/α,β-unsaturated/α-hetero) is 1. The normalized spacial score (nSPS) is 16.4. The van der Waals surface area contributed by atoms with E-state index in [0.717, 1.165) is 19.3 Å². The fourth-order valence-electron chi connectivity index (χ4n) is 5.71. The molecule has 1 aliphatic heterocycles. The van der Waals surface area contributed by atoms with Gasteiger partial charge in [0.1, 0.15) is 5.76 Å². The molecule has 0 aliphatic carbocycles. The van der Waals surface area contributed by atoms with Crippen molar-refractivity contribution in [3.63, 3.8) is 0 Å². The molecule has 224 valence electrons. The van der Waals surface area contributed by atoms with Crippen molar-refractivity contribution in [2.24, 2.45) is 0 Å². The minimum absolute atomic E-state index is 0.110. The van der Waals surface area contributed by atoms with Gasteiger partial charge in [0.15, 0.2) is 11.5 Å². The fourth-order valence-corrected chi connectivity index (χ4v) is 5.71. The molecule has 2 aromatic carbocycles. The molecule has 1 heterocycles. The molecular formula is C35H49NO5. The van der Waals surface area contributed by atoms with Crippen molar-refractivity contribution >= 4 is 17.4 Å². The second-order valence-electron chi connectivity index (χ2n) is 11.1. The molecule has 0 radical (unpaired) electrons. The molecule has 0 unspecified atom stereocenters. The number of ketones is 1. The summed E-state index contributed by atoms with van der Waals surface area (Å²) in [7, 11) is 3.12. The summed E-state index contributed by atoms with van der Waals surface area (Å²) in [5.74, 6) is -0.323. The Morgan fingerprint density at radius 1 is 0.732 bits per heavy atom. The molecule has 3 rings (SSSR count). The lowest BCUT2D eigenvalue weighted by Gasteiger charge is -2.26. The van der Waals surface area contributed by atoms with Gasteiger partial charge in [-0.3, -0.25) is 9.59 Å². The minimum Gasteiger partial charge on any atom is -0.507 e. The highest BCUT2D eigenvalue weighted by atomic mass is 16.5. The summed E-state index contributed by atoms with van der Waals surface area (Å²) in [6.45, 7) is 2.71. The van der Waals surface area contributed by atoms with E-state index in [1.54, 1.807) is 55.5 Å². The van der Waals surface area contributed by atoms with Crippen LogP contribution in [0.4, 0.5) is 0 Å². The van der Waals surface area contributed by atoms with Gasteiger partial charge in [-0.2, -0.15) is 0 Å². The molecule has 0 saturated carbocycles. The molecule has 41 heavy (non-hydrogen) atoms. The molecule has 1 saturated heterocycles. The topological polar surface area (TPSA) is 76.1 Å². The maximum Gasteiger partial charge on any atom is 0.295 e. The number of benzene rings is 2.